The van der Waals surface area contributed by atoms with E-state index in [1.165, 1.54) is 6.20 Å². The van der Waals surface area contributed by atoms with Gasteiger partial charge in [0.1, 0.15) is 17.1 Å². The molecule has 2 unspecified atom stereocenters. The third kappa shape index (κ3) is 2.58. The van der Waals surface area contributed by atoms with Gasteiger partial charge in [0.15, 0.2) is 17.6 Å². The van der Waals surface area contributed by atoms with Crippen molar-refractivity contribution in [3.63, 3.8) is 0 Å². The van der Waals surface area contributed by atoms with E-state index in [0.29, 0.717) is 33.2 Å². The van der Waals surface area contributed by atoms with E-state index in [-0.39, 0.29) is 34.5 Å². The van der Waals surface area contributed by atoms with Crippen molar-refractivity contribution in [1.29, 1.82) is 0 Å². The van der Waals surface area contributed by atoms with Crippen molar-refractivity contribution in [2.75, 3.05) is 0 Å². The second kappa shape index (κ2) is 6.23. The predicted octanol–water partition coefficient (Wildman–Crippen LogP) is 3.65. The van der Waals surface area contributed by atoms with Gasteiger partial charge in [0, 0.05) is 40.8 Å². The summed E-state index contributed by atoms with van der Waals surface area (Å²) in [4.78, 5) is 25.3. The summed E-state index contributed by atoms with van der Waals surface area (Å²) in [7, 11) is 0. The summed E-state index contributed by atoms with van der Waals surface area (Å²) >= 11 is 3.37. The van der Waals surface area contributed by atoms with Crippen LogP contribution >= 0.6 is 15.9 Å². The number of aromatic amines is 1. The van der Waals surface area contributed by atoms with Crippen LogP contribution in [0.3, 0.4) is 0 Å². The van der Waals surface area contributed by atoms with Crippen LogP contribution in [0.25, 0.3) is 11.1 Å². The molecule has 0 saturated carbocycles. The number of carbonyl (C=O) groups is 2. The van der Waals surface area contributed by atoms with E-state index in [4.69, 9.17) is 9.47 Å². The van der Waals surface area contributed by atoms with Crippen molar-refractivity contribution >= 4 is 27.7 Å². The minimum absolute atomic E-state index is 0.0264. The quantitative estimate of drug-likeness (QED) is 0.666. The Bertz CT molecular complexity index is 1010. The number of phenolic OH excluding ortho intramolecular Hbond substituents is 1. The molecule has 27 heavy (non-hydrogen) atoms. The number of nitrogens with zero attached hydrogens (tertiary/aromatic N) is 1. The van der Waals surface area contributed by atoms with Gasteiger partial charge in [-0.3, -0.25) is 9.89 Å². The van der Waals surface area contributed by atoms with Gasteiger partial charge >= 0.3 is 5.97 Å². The molecule has 0 bridgehead atoms. The number of halogens is 1. The molecular formula is C19H17BrN2O5. The maximum absolute atomic E-state index is 13.1. The standard InChI is InChI=1S/C19H17BrN2O5/c1-7-4-11(23)8(2)18-16(7)26-17-9(3)15(24)14(20)12(10-5-21-22-6-10)13(17)19(25)27-18/h5-7,16,24H,4H2,1-3H3,(H,21,22). The minimum Gasteiger partial charge on any atom is -0.506 e. The molecule has 2 atom stereocenters. The van der Waals surface area contributed by atoms with Crippen LogP contribution in [0.2, 0.25) is 0 Å². The first kappa shape index (κ1) is 17.8. The summed E-state index contributed by atoms with van der Waals surface area (Å²) in [6.07, 6.45) is 2.88. The first-order valence-electron chi connectivity index (χ1n) is 8.48. The van der Waals surface area contributed by atoms with Crippen LogP contribution in [0, 0.1) is 12.8 Å². The number of ketones is 1. The first-order chi connectivity index (χ1) is 12.8. The fourth-order valence-electron chi connectivity index (χ4n) is 3.55. The Morgan fingerprint density at radius 1 is 1.30 bits per heavy atom. The molecule has 2 N–H and O–H groups in total. The van der Waals surface area contributed by atoms with E-state index in [9.17, 15) is 14.7 Å². The van der Waals surface area contributed by atoms with E-state index in [0.717, 1.165) is 0 Å². The lowest BCUT2D eigenvalue weighted by Gasteiger charge is -2.29. The molecule has 2 aliphatic rings. The molecule has 0 amide bonds. The number of carbonyl (C=O) groups excluding carboxylic acids is 2. The maximum Gasteiger partial charge on any atom is 0.347 e. The van der Waals surface area contributed by atoms with Crippen molar-refractivity contribution in [2.45, 2.75) is 33.3 Å². The Morgan fingerprint density at radius 2 is 2.04 bits per heavy atom. The Hall–Kier alpha value is -2.61. The van der Waals surface area contributed by atoms with Gasteiger partial charge < -0.3 is 14.6 Å². The molecule has 7 nitrogen and oxygen atoms in total. The molecule has 1 aromatic heterocycles. The fraction of sp³-hybridized carbons (Fsp3) is 0.316. The summed E-state index contributed by atoms with van der Waals surface area (Å²) in [6, 6.07) is 0. The van der Waals surface area contributed by atoms with Gasteiger partial charge in [0.25, 0.3) is 0 Å². The first-order valence-corrected chi connectivity index (χ1v) is 9.27. The number of ether oxygens (including phenoxy) is 2. The maximum atomic E-state index is 13.1. The van der Waals surface area contributed by atoms with E-state index >= 15 is 0 Å². The number of aromatic hydroxyl groups is 1. The highest BCUT2D eigenvalue weighted by atomic mass is 79.9. The third-order valence-electron chi connectivity index (χ3n) is 5.11. The van der Waals surface area contributed by atoms with Crippen LogP contribution in [0.1, 0.15) is 36.2 Å². The average Bonchev–Trinajstić information content (AvgIpc) is 3.10. The topological polar surface area (TPSA) is 102 Å². The Balaban J connectivity index is 2.01. The molecular weight excluding hydrogens is 416 g/mol. The second-order valence-corrected chi connectivity index (χ2v) is 7.67. The Kier molecular flexibility index (Phi) is 4.10. The number of hydrogen-bond acceptors (Lipinski definition) is 6. The number of fused-ring (bicyclic) bond motifs is 2. The van der Waals surface area contributed by atoms with Crippen molar-refractivity contribution in [1.82, 2.24) is 10.2 Å². The zero-order chi connectivity index (χ0) is 19.5. The summed E-state index contributed by atoms with van der Waals surface area (Å²) < 4.78 is 12.2. The number of allylic oxidation sites excluding steroid dienone is 1. The second-order valence-electron chi connectivity index (χ2n) is 6.88. The molecule has 0 radical (unpaired) electrons. The van der Waals surface area contributed by atoms with Crippen LogP contribution in [0.5, 0.6) is 11.5 Å². The molecule has 140 valence electrons. The smallest absolute Gasteiger partial charge is 0.347 e. The molecule has 0 spiro atoms. The Labute approximate surface area is 163 Å². The average molecular weight is 433 g/mol. The number of rotatable bonds is 1. The molecule has 1 aromatic carbocycles. The number of aromatic nitrogens is 2. The molecule has 0 fully saturated rings. The van der Waals surface area contributed by atoms with Gasteiger partial charge in [0.2, 0.25) is 0 Å². The van der Waals surface area contributed by atoms with Crippen LogP contribution in [-0.4, -0.2) is 33.2 Å². The van der Waals surface area contributed by atoms with Crippen LogP contribution < -0.4 is 4.74 Å². The van der Waals surface area contributed by atoms with E-state index in [1.807, 2.05) is 6.92 Å². The molecule has 1 aliphatic heterocycles. The van der Waals surface area contributed by atoms with Crippen molar-refractivity contribution in [2.24, 2.45) is 5.92 Å². The SMILES string of the molecule is CC1=C2OC(=O)c3c(c(C)c(O)c(Br)c3-c3cn[nH]c3)OC2C(C)CC1=O. The summed E-state index contributed by atoms with van der Waals surface area (Å²) in [5.41, 5.74) is 2.01. The predicted molar refractivity (Wildman–Crippen MR) is 99.4 cm³/mol. The zero-order valence-corrected chi connectivity index (χ0v) is 16.5. The van der Waals surface area contributed by atoms with Crippen LogP contribution in [0.4, 0.5) is 0 Å². The summed E-state index contributed by atoms with van der Waals surface area (Å²) in [6.45, 7) is 5.19. The minimum atomic E-state index is -0.635. The molecule has 8 heteroatoms. The van der Waals surface area contributed by atoms with Gasteiger partial charge in [-0.15, -0.1) is 0 Å². The number of hydrogen-bond donors (Lipinski definition) is 2. The van der Waals surface area contributed by atoms with Crippen molar-refractivity contribution in [3.05, 3.63) is 39.3 Å². The third-order valence-corrected chi connectivity index (χ3v) is 5.88. The lowest BCUT2D eigenvalue weighted by atomic mass is 9.86. The van der Waals surface area contributed by atoms with Gasteiger partial charge in [-0.2, -0.15) is 5.10 Å². The summed E-state index contributed by atoms with van der Waals surface area (Å²) in [5.74, 6) is -0.395. The molecule has 2 aromatic rings. The van der Waals surface area contributed by atoms with Crippen LogP contribution in [0.15, 0.2) is 28.2 Å². The lowest BCUT2D eigenvalue weighted by molar-refractivity contribution is -0.118. The molecule has 1 aliphatic carbocycles. The molecule has 0 saturated heterocycles. The largest absolute Gasteiger partial charge is 0.506 e. The lowest BCUT2D eigenvalue weighted by Crippen LogP contribution is -2.35. The number of Topliss-reactive ketones (excluding diaryl/α,β-unsaturated/α-hetero) is 1. The number of nitrogens with one attached hydrogen (secondary N) is 1. The van der Waals surface area contributed by atoms with E-state index in [1.54, 1.807) is 20.0 Å². The van der Waals surface area contributed by atoms with Crippen LogP contribution in [-0.2, 0) is 9.53 Å². The summed E-state index contributed by atoms with van der Waals surface area (Å²) in [5, 5.41) is 17.2. The highest BCUT2D eigenvalue weighted by Gasteiger charge is 2.42. The Morgan fingerprint density at radius 3 is 2.70 bits per heavy atom. The van der Waals surface area contributed by atoms with Gasteiger partial charge in [-0.1, -0.05) is 6.92 Å². The van der Waals surface area contributed by atoms with Gasteiger partial charge in [0.05, 0.1) is 10.7 Å². The van der Waals surface area contributed by atoms with Gasteiger partial charge in [-0.25, -0.2) is 4.79 Å². The normalized spacial score (nSPS) is 21.9. The molecule has 4 rings (SSSR count). The number of H-pyrrole nitrogens is 1. The number of esters is 1. The van der Waals surface area contributed by atoms with Crippen molar-refractivity contribution < 1.29 is 24.2 Å². The monoisotopic (exact) mass is 432 g/mol. The molecule has 2 heterocycles. The number of phenols is 1. The highest BCUT2D eigenvalue weighted by Crippen LogP contribution is 2.49. The van der Waals surface area contributed by atoms with Gasteiger partial charge in [-0.05, 0) is 29.8 Å². The zero-order valence-electron chi connectivity index (χ0n) is 14.9. The highest BCUT2D eigenvalue weighted by molar-refractivity contribution is 9.10. The van der Waals surface area contributed by atoms with E-state index in [2.05, 4.69) is 26.1 Å². The van der Waals surface area contributed by atoms with Crippen molar-refractivity contribution in [3.8, 4) is 22.6 Å². The fourth-order valence-corrected chi connectivity index (χ4v) is 4.27. The number of benzene rings is 1. The van der Waals surface area contributed by atoms with E-state index < -0.39 is 12.1 Å².